The van der Waals surface area contributed by atoms with Crippen molar-refractivity contribution in [1.82, 2.24) is 10.2 Å². The molecule has 0 bridgehead atoms. The van der Waals surface area contributed by atoms with Crippen LogP contribution in [0.3, 0.4) is 0 Å². The fourth-order valence-corrected chi connectivity index (χ4v) is 3.66. The summed E-state index contributed by atoms with van der Waals surface area (Å²) in [5.74, 6) is 1.93. The number of rotatable bonds is 5. The molecule has 21 heavy (non-hydrogen) atoms. The molecule has 0 amide bonds. The summed E-state index contributed by atoms with van der Waals surface area (Å²) in [4.78, 5) is 2.54. The summed E-state index contributed by atoms with van der Waals surface area (Å²) in [5.41, 5.74) is 2.54. The maximum absolute atomic E-state index is 6.24. The van der Waals surface area contributed by atoms with Crippen molar-refractivity contribution in [1.29, 1.82) is 0 Å². The lowest BCUT2D eigenvalue weighted by Crippen LogP contribution is -2.36. The van der Waals surface area contributed by atoms with Crippen LogP contribution in [0.15, 0.2) is 12.1 Å². The van der Waals surface area contributed by atoms with E-state index in [9.17, 15) is 0 Å². The van der Waals surface area contributed by atoms with Crippen LogP contribution < -0.4 is 10.1 Å². The number of fused-ring (bicyclic) bond motifs is 1. The molecule has 0 saturated carbocycles. The number of hydrogen-bond donors (Lipinski definition) is 1. The summed E-state index contributed by atoms with van der Waals surface area (Å²) in [6.07, 6.45) is 3.57. The Hall–Kier alpha value is -0.770. The zero-order valence-corrected chi connectivity index (χ0v) is 13.6. The van der Waals surface area contributed by atoms with E-state index in [1.807, 2.05) is 0 Å². The van der Waals surface area contributed by atoms with Gasteiger partial charge in [-0.3, -0.25) is 4.90 Å². The Balaban J connectivity index is 1.59. The van der Waals surface area contributed by atoms with Crippen LogP contribution in [0.1, 0.15) is 30.9 Å². The molecule has 0 spiro atoms. The summed E-state index contributed by atoms with van der Waals surface area (Å²) < 4.78 is 5.81. The minimum Gasteiger partial charge on any atom is -0.493 e. The fourth-order valence-electron chi connectivity index (χ4n) is 3.40. The van der Waals surface area contributed by atoms with Crippen LogP contribution in [-0.2, 0) is 13.0 Å². The van der Waals surface area contributed by atoms with Gasteiger partial charge in [0, 0.05) is 23.6 Å². The number of ether oxygens (including phenoxy) is 1. The molecule has 116 valence electrons. The van der Waals surface area contributed by atoms with E-state index in [1.54, 1.807) is 0 Å². The van der Waals surface area contributed by atoms with E-state index in [1.165, 1.54) is 43.6 Å². The van der Waals surface area contributed by atoms with E-state index in [-0.39, 0.29) is 0 Å². The number of piperidine rings is 1. The molecule has 4 heteroatoms. The summed E-state index contributed by atoms with van der Waals surface area (Å²) in [6, 6.07) is 4.13. The van der Waals surface area contributed by atoms with Crippen LogP contribution in [0.5, 0.6) is 5.75 Å². The monoisotopic (exact) mass is 308 g/mol. The summed E-state index contributed by atoms with van der Waals surface area (Å²) >= 11 is 6.24. The molecule has 1 aromatic carbocycles. The average molecular weight is 309 g/mol. The van der Waals surface area contributed by atoms with Crippen molar-refractivity contribution in [2.75, 3.05) is 32.8 Å². The third-order valence-electron chi connectivity index (χ3n) is 4.61. The quantitative estimate of drug-likeness (QED) is 0.904. The smallest absolute Gasteiger partial charge is 0.127 e. The number of nitrogens with zero attached hydrogens (tertiary/aromatic N) is 1. The Bertz CT molecular complexity index is 484. The first-order valence-corrected chi connectivity index (χ1v) is 8.51. The number of halogens is 1. The Kier molecular flexibility index (Phi) is 5.04. The molecule has 1 saturated heterocycles. The van der Waals surface area contributed by atoms with Gasteiger partial charge in [0.05, 0.1) is 6.61 Å². The van der Waals surface area contributed by atoms with Crippen molar-refractivity contribution in [3.8, 4) is 5.75 Å². The van der Waals surface area contributed by atoms with E-state index in [4.69, 9.17) is 16.3 Å². The molecule has 0 aromatic heterocycles. The molecule has 3 nitrogen and oxygen atoms in total. The predicted molar refractivity (Wildman–Crippen MR) is 87.2 cm³/mol. The number of hydrogen-bond acceptors (Lipinski definition) is 3. The second-order valence-corrected chi connectivity index (χ2v) is 6.62. The van der Waals surface area contributed by atoms with Crippen molar-refractivity contribution in [3.05, 3.63) is 28.3 Å². The van der Waals surface area contributed by atoms with Crippen LogP contribution >= 0.6 is 11.6 Å². The highest BCUT2D eigenvalue weighted by atomic mass is 35.5. The van der Waals surface area contributed by atoms with Crippen molar-refractivity contribution in [2.24, 2.45) is 5.92 Å². The minimum absolute atomic E-state index is 0.799. The molecule has 1 fully saturated rings. The Morgan fingerprint density at radius 2 is 2.14 bits per heavy atom. The molecule has 0 radical (unpaired) electrons. The molecule has 1 aromatic rings. The van der Waals surface area contributed by atoms with E-state index in [0.717, 1.165) is 42.8 Å². The van der Waals surface area contributed by atoms with Gasteiger partial charge in [0.15, 0.2) is 0 Å². The Labute approximate surface area is 132 Å². The summed E-state index contributed by atoms with van der Waals surface area (Å²) in [5, 5.41) is 4.31. The Morgan fingerprint density at radius 3 is 2.90 bits per heavy atom. The molecule has 2 heterocycles. The van der Waals surface area contributed by atoms with Gasteiger partial charge in [0.2, 0.25) is 0 Å². The first-order chi connectivity index (χ1) is 10.3. The SMILES string of the molecule is CCNCC1CCN(Cc2cc(Cl)cc3c2OCC3)CC1. The molecule has 2 aliphatic rings. The zero-order chi connectivity index (χ0) is 14.7. The first kappa shape index (κ1) is 15.1. The van der Waals surface area contributed by atoms with Crippen molar-refractivity contribution in [2.45, 2.75) is 32.7 Å². The van der Waals surface area contributed by atoms with Crippen LogP contribution in [-0.4, -0.2) is 37.7 Å². The van der Waals surface area contributed by atoms with Crippen LogP contribution in [0.25, 0.3) is 0 Å². The number of benzene rings is 1. The minimum atomic E-state index is 0.799. The van der Waals surface area contributed by atoms with Crippen molar-refractivity contribution in [3.63, 3.8) is 0 Å². The molecule has 0 unspecified atom stereocenters. The average Bonchev–Trinajstić information content (AvgIpc) is 2.95. The molecule has 3 rings (SSSR count). The van der Waals surface area contributed by atoms with Gasteiger partial charge in [-0.15, -0.1) is 0 Å². The number of nitrogens with one attached hydrogen (secondary N) is 1. The molecule has 1 N–H and O–H groups in total. The van der Waals surface area contributed by atoms with Gasteiger partial charge < -0.3 is 10.1 Å². The largest absolute Gasteiger partial charge is 0.493 e. The summed E-state index contributed by atoms with van der Waals surface area (Å²) in [7, 11) is 0. The maximum Gasteiger partial charge on any atom is 0.127 e. The van der Waals surface area contributed by atoms with Gasteiger partial charge in [-0.25, -0.2) is 0 Å². The van der Waals surface area contributed by atoms with Gasteiger partial charge in [0.25, 0.3) is 0 Å². The highest BCUT2D eigenvalue weighted by Crippen LogP contribution is 2.34. The van der Waals surface area contributed by atoms with Gasteiger partial charge in [-0.05, 0) is 62.6 Å². The maximum atomic E-state index is 6.24. The van der Waals surface area contributed by atoms with Gasteiger partial charge in [-0.2, -0.15) is 0 Å². The van der Waals surface area contributed by atoms with Gasteiger partial charge >= 0.3 is 0 Å². The third kappa shape index (κ3) is 3.71. The topological polar surface area (TPSA) is 24.5 Å². The van der Waals surface area contributed by atoms with E-state index in [2.05, 4.69) is 29.3 Å². The van der Waals surface area contributed by atoms with E-state index >= 15 is 0 Å². The normalized spacial score (nSPS) is 19.5. The number of likely N-dealkylation sites (tertiary alicyclic amines) is 1. The highest BCUT2D eigenvalue weighted by Gasteiger charge is 2.22. The van der Waals surface area contributed by atoms with Gasteiger partial charge in [-0.1, -0.05) is 18.5 Å². The zero-order valence-electron chi connectivity index (χ0n) is 12.8. The summed E-state index contributed by atoms with van der Waals surface area (Å²) in [6.45, 7) is 8.54. The van der Waals surface area contributed by atoms with E-state index in [0.29, 0.717) is 0 Å². The second-order valence-electron chi connectivity index (χ2n) is 6.18. The lowest BCUT2D eigenvalue weighted by Gasteiger charge is -2.32. The van der Waals surface area contributed by atoms with Crippen LogP contribution in [0.2, 0.25) is 5.02 Å². The molecule has 0 aliphatic carbocycles. The van der Waals surface area contributed by atoms with Gasteiger partial charge in [0.1, 0.15) is 5.75 Å². The highest BCUT2D eigenvalue weighted by molar-refractivity contribution is 6.30. The van der Waals surface area contributed by atoms with Crippen molar-refractivity contribution >= 4 is 11.6 Å². The lowest BCUT2D eigenvalue weighted by molar-refractivity contribution is 0.174. The predicted octanol–water partition coefficient (Wildman–Crippen LogP) is 3.10. The second kappa shape index (κ2) is 6.99. The molecule has 0 atom stereocenters. The van der Waals surface area contributed by atoms with Crippen LogP contribution in [0.4, 0.5) is 0 Å². The lowest BCUT2D eigenvalue weighted by atomic mass is 9.96. The van der Waals surface area contributed by atoms with Crippen molar-refractivity contribution < 1.29 is 4.74 Å². The van der Waals surface area contributed by atoms with Crippen LogP contribution in [0, 0.1) is 5.92 Å². The Morgan fingerprint density at radius 1 is 1.33 bits per heavy atom. The molecular weight excluding hydrogens is 284 g/mol. The standard InChI is InChI=1S/C17H25ClN2O/c1-2-19-11-13-3-6-20(7-4-13)12-15-10-16(18)9-14-5-8-21-17(14)15/h9-10,13,19H,2-8,11-12H2,1H3. The molecular formula is C17H25ClN2O. The van der Waals surface area contributed by atoms with E-state index < -0.39 is 0 Å². The third-order valence-corrected chi connectivity index (χ3v) is 4.83. The molecule has 2 aliphatic heterocycles. The first-order valence-electron chi connectivity index (χ1n) is 8.13. The fraction of sp³-hybridized carbons (Fsp3) is 0.647.